The zero-order valence-corrected chi connectivity index (χ0v) is 12.3. The Hall–Kier alpha value is -0.900. The summed E-state index contributed by atoms with van der Waals surface area (Å²) < 4.78 is 13.0. The second-order valence-electron chi connectivity index (χ2n) is 3.83. The van der Waals surface area contributed by atoms with Gasteiger partial charge in [-0.2, -0.15) is 0 Å². The summed E-state index contributed by atoms with van der Waals surface area (Å²) in [5.74, 6) is 0.438. The van der Waals surface area contributed by atoms with Crippen LogP contribution in [0.5, 0.6) is 0 Å². The van der Waals surface area contributed by atoms with Gasteiger partial charge in [-0.15, -0.1) is 11.8 Å². The quantitative estimate of drug-likeness (QED) is 0.590. The second kappa shape index (κ2) is 7.04. The van der Waals surface area contributed by atoms with Crippen LogP contribution >= 0.6 is 35.0 Å². The van der Waals surface area contributed by atoms with Gasteiger partial charge < -0.3 is 5.32 Å². The van der Waals surface area contributed by atoms with Gasteiger partial charge in [0.05, 0.1) is 15.7 Å². The monoisotopic (exact) mass is 315 g/mol. The first-order valence-electron chi connectivity index (χ1n) is 5.73. The molecule has 1 nitrogen and oxygen atoms in total. The highest BCUT2D eigenvalue weighted by atomic mass is 35.5. The lowest BCUT2D eigenvalue weighted by Gasteiger charge is -2.10. The standard InChI is InChI=1S/C14H12Cl2FNS/c15-12-8-10(17)9-13(16)14(12)18-6-7-19-11-4-2-1-3-5-11/h1-5,8-9,18H,6-7H2. The molecule has 0 aromatic heterocycles. The van der Waals surface area contributed by atoms with Gasteiger partial charge in [0.2, 0.25) is 0 Å². The Balaban J connectivity index is 1.86. The van der Waals surface area contributed by atoms with E-state index in [0.717, 1.165) is 5.75 Å². The molecule has 2 rings (SSSR count). The maximum absolute atomic E-state index is 13.0. The third-order valence-corrected chi connectivity index (χ3v) is 4.03. The highest BCUT2D eigenvalue weighted by Gasteiger charge is 2.07. The van der Waals surface area contributed by atoms with Crippen molar-refractivity contribution in [2.75, 3.05) is 17.6 Å². The van der Waals surface area contributed by atoms with Crippen molar-refractivity contribution in [3.63, 3.8) is 0 Å². The van der Waals surface area contributed by atoms with Crippen LogP contribution < -0.4 is 5.32 Å². The van der Waals surface area contributed by atoms with E-state index in [1.165, 1.54) is 17.0 Å². The summed E-state index contributed by atoms with van der Waals surface area (Å²) >= 11 is 13.6. The average molecular weight is 316 g/mol. The van der Waals surface area contributed by atoms with Crippen molar-refractivity contribution >= 4 is 40.7 Å². The zero-order chi connectivity index (χ0) is 13.7. The van der Waals surface area contributed by atoms with Gasteiger partial charge in [-0.3, -0.25) is 0 Å². The Labute approximate surface area is 126 Å². The molecule has 1 N–H and O–H groups in total. The predicted octanol–water partition coefficient (Wildman–Crippen LogP) is 5.34. The van der Waals surface area contributed by atoms with Gasteiger partial charge in [-0.1, -0.05) is 41.4 Å². The van der Waals surface area contributed by atoms with Crippen LogP contribution in [-0.2, 0) is 0 Å². The summed E-state index contributed by atoms with van der Waals surface area (Å²) in [5, 5.41) is 3.73. The molecule has 2 aromatic carbocycles. The number of halogens is 3. The first kappa shape index (κ1) is 14.5. The summed E-state index contributed by atoms with van der Waals surface area (Å²) in [6.45, 7) is 0.699. The van der Waals surface area contributed by atoms with Crippen molar-refractivity contribution in [3.05, 3.63) is 58.3 Å². The van der Waals surface area contributed by atoms with Crippen LogP contribution in [0, 0.1) is 5.82 Å². The Kier molecular flexibility index (Phi) is 5.37. The smallest absolute Gasteiger partial charge is 0.126 e. The molecular formula is C14H12Cl2FNS. The summed E-state index contributed by atoms with van der Waals surface area (Å²) in [7, 11) is 0. The second-order valence-corrected chi connectivity index (χ2v) is 5.82. The number of rotatable bonds is 5. The molecule has 0 saturated heterocycles. The van der Waals surface area contributed by atoms with E-state index in [0.29, 0.717) is 22.3 Å². The molecule has 0 atom stereocenters. The molecule has 0 aliphatic rings. The average Bonchev–Trinajstić information content (AvgIpc) is 2.38. The van der Waals surface area contributed by atoms with Crippen LogP contribution in [0.15, 0.2) is 47.4 Å². The van der Waals surface area contributed by atoms with E-state index in [9.17, 15) is 4.39 Å². The minimum Gasteiger partial charge on any atom is -0.382 e. The molecule has 0 amide bonds. The van der Waals surface area contributed by atoms with Crippen LogP contribution in [0.4, 0.5) is 10.1 Å². The fraction of sp³-hybridized carbons (Fsp3) is 0.143. The van der Waals surface area contributed by atoms with Gasteiger partial charge >= 0.3 is 0 Å². The highest BCUT2D eigenvalue weighted by molar-refractivity contribution is 7.99. The van der Waals surface area contributed by atoms with Gasteiger partial charge in [0.25, 0.3) is 0 Å². The molecule has 0 heterocycles. The molecule has 100 valence electrons. The van der Waals surface area contributed by atoms with E-state index < -0.39 is 5.82 Å². The normalized spacial score (nSPS) is 10.5. The Morgan fingerprint density at radius 3 is 2.32 bits per heavy atom. The van der Waals surface area contributed by atoms with Crippen molar-refractivity contribution in [1.29, 1.82) is 0 Å². The maximum atomic E-state index is 13.0. The van der Waals surface area contributed by atoms with Crippen molar-refractivity contribution in [1.82, 2.24) is 0 Å². The minimum atomic E-state index is -0.431. The molecule has 5 heteroatoms. The number of hydrogen-bond donors (Lipinski definition) is 1. The molecule has 0 fully saturated rings. The molecule has 0 aliphatic heterocycles. The number of hydrogen-bond acceptors (Lipinski definition) is 2. The van der Waals surface area contributed by atoms with Crippen LogP contribution in [0.3, 0.4) is 0 Å². The molecule has 0 radical (unpaired) electrons. The van der Waals surface area contributed by atoms with Crippen molar-refractivity contribution in [2.45, 2.75) is 4.90 Å². The maximum Gasteiger partial charge on any atom is 0.126 e. The van der Waals surface area contributed by atoms with Crippen molar-refractivity contribution < 1.29 is 4.39 Å². The number of nitrogens with one attached hydrogen (secondary N) is 1. The lowest BCUT2D eigenvalue weighted by atomic mass is 10.3. The summed E-state index contributed by atoms with van der Waals surface area (Å²) in [6, 6.07) is 12.6. The van der Waals surface area contributed by atoms with Gasteiger partial charge in [0.15, 0.2) is 0 Å². The molecular weight excluding hydrogens is 304 g/mol. The van der Waals surface area contributed by atoms with Crippen LogP contribution in [0.1, 0.15) is 0 Å². The summed E-state index contributed by atoms with van der Waals surface area (Å²) in [5.41, 5.74) is 0.582. The molecule has 0 saturated carbocycles. The third-order valence-electron chi connectivity index (χ3n) is 2.42. The molecule has 0 spiro atoms. The van der Waals surface area contributed by atoms with Crippen molar-refractivity contribution in [3.8, 4) is 0 Å². The van der Waals surface area contributed by atoms with Gasteiger partial charge in [-0.25, -0.2) is 4.39 Å². The van der Waals surface area contributed by atoms with Crippen LogP contribution in [0.2, 0.25) is 10.0 Å². The van der Waals surface area contributed by atoms with Crippen LogP contribution in [-0.4, -0.2) is 12.3 Å². The SMILES string of the molecule is Fc1cc(Cl)c(NCCSc2ccccc2)c(Cl)c1. The van der Waals surface area contributed by atoms with E-state index in [1.54, 1.807) is 11.8 Å². The molecule has 0 bridgehead atoms. The number of thioether (sulfide) groups is 1. The molecule has 2 aromatic rings. The van der Waals surface area contributed by atoms with E-state index >= 15 is 0 Å². The van der Waals surface area contributed by atoms with Gasteiger partial charge in [0.1, 0.15) is 5.82 Å². The van der Waals surface area contributed by atoms with E-state index in [1.807, 2.05) is 18.2 Å². The van der Waals surface area contributed by atoms with E-state index in [-0.39, 0.29) is 0 Å². The molecule has 0 unspecified atom stereocenters. The predicted molar refractivity (Wildman–Crippen MR) is 82.1 cm³/mol. The van der Waals surface area contributed by atoms with Gasteiger partial charge in [-0.05, 0) is 24.3 Å². The van der Waals surface area contributed by atoms with E-state index in [4.69, 9.17) is 23.2 Å². The van der Waals surface area contributed by atoms with Gasteiger partial charge in [0, 0.05) is 17.2 Å². The fourth-order valence-corrected chi connectivity index (χ4v) is 2.96. The highest BCUT2D eigenvalue weighted by Crippen LogP contribution is 2.31. The van der Waals surface area contributed by atoms with Crippen LogP contribution in [0.25, 0.3) is 0 Å². The topological polar surface area (TPSA) is 12.0 Å². The minimum absolute atomic E-state index is 0.301. The first-order valence-corrected chi connectivity index (χ1v) is 7.47. The third kappa shape index (κ3) is 4.30. The first-order chi connectivity index (χ1) is 9.16. The number of anilines is 1. The molecule has 0 aliphatic carbocycles. The Morgan fingerprint density at radius 2 is 1.68 bits per heavy atom. The summed E-state index contributed by atoms with van der Waals surface area (Å²) in [4.78, 5) is 1.21. The van der Waals surface area contributed by atoms with Crippen molar-refractivity contribution in [2.24, 2.45) is 0 Å². The largest absolute Gasteiger partial charge is 0.382 e. The van der Waals surface area contributed by atoms with E-state index in [2.05, 4.69) is 17.4 Å². The fourth-order valence-electron chi connectivity index (χ4n) is 1.57. The Morgan fingerprint density at radius 1 is 1.05 bits per heavy atom. The zero-order valence-electron chi connectivity index (χ0n) is 10.00. The lowest BCUT2D eigenvalue weighted by Crippen LogP contribution is -2.05. The molecule has 19 heavy (non-hydrogen) atoms. The Bertz CT molecular complexity index is 525. The summed E-state index contributed by atoms with van der Waals surface area (Å²) in [6.07, 6.45) is 0. The lowest BCUT2D eigenvalue weighted by molar-refractivity contribution is 0.628. The number of benzene rings is 2.